The van der Waals surface area contributed by atoms with Crippen molar-refractivity contribution in [1.29, 1.82) is 0 Å². The largest absolute Gasteiger partial charge is 0.452 e. The number of nitrogens with one attached hydrogen (secondary N) is 1. The number of hydrogen-bond donors (Lipinski definition) is 1. The fourth-order valence-corrected chi connectivity index (χ4v) is 3.10. The number of esters is 1. The van der Waals surface area contributed by atoms with Gasteiger partial charge in [-0.25, -0.2) is 13.2 Å². The number of rotatable bonds is 7. The number of halogens is 2. The number of thioether (sulfide) groups is 1. The molecule has 0 atom stereocenters. The first kappa shape index (κ1) is 20.8. The second kappa shape index (κ2) is 8.96. The maximum atomic E-state index is 12.2. The highest BCUT2D eigenvalue weighted by atomic mass is 32.2. The van der Waals surface area contributed by atoms with Crippen LogP contribution in [-0.4, -0.2) is 38.9 Å². The fraction of sp³-hybridized carbons (Fsp3) is 0.176. The first-order valence-corrected chi connectivity index (χ1v) is 10.2. The molecule has 0 fully saturated rings. The summed E-state index contributed by atoms with van der Waals surface area (Å²) < 4.78 is 52.1. The van der Waals surface area contributed by atoms with E-state index in [1.54, 1.807) is 0 Å². The minimum absolute atomic E-state index is 0.0604. The average Bonchev–Trinajstić information content (AvgIpc) is 2.60. The highest BCUT2D eigenvalue weighted by Crippen LogP contribution is 2.26. The number of alkyl halides is 2. The summed E-state index contributed by atoms with van der Waals surface area (Å²) in [7, 11) is -3.37. The van der Waals surface area contributed by atoms with Crippen LogP contribution in [0, 0.1) is 0 Å². The van der Waals surface area contributed by atoms with Crippen molar-refractivity contribution in [2.24, 2.45) is 0 Å². The molecular weight excluding hydrogens is 400 g/mol. The lowest BCUT2D eigenvalue weighted by Gasteiger charge is -2.08. The van der Waals surface area contributed by atoms with Crippen molar-refractivity contribution in [2.45, 2.75) is 15.5 Å². The quantitative estimate of drug-likeness (QED) is 0.552. The highest BCUT2D eigenvalue weighted by Gasteiger charge is 2.13. The maximum absolute atomic E-state index is 12.2. The van der Waals surface area contributed by atoms with Gasteiger partial charge in [0.1, 0.15) is 0 Å². The van der Waals surface area contributed by atoms with E-state index in [2.05, 4.69) is 5.32 Å². The molecule has 0 radical (unpaired) electrons. The summed E-state index contributed by atoms with van der Waals surface area (Å²) in [6, 6.07) is 10.9. The summed E-state index contributed by atoms with van der Waals surface area (Å²) in [6.45, 7) is -0.555. The van der Waals surface area contributed by atoms with E-state index < -0.39 is 34.1 Å². The molecular formula is C17H15F2NO5S2. The monoisotopic (exact) mass is 415 g/mol. The van der Waals surface area contributed by atoms with Gasteiger partial charge in [0, 0.05) is 16.8 Å². The molecule has 1 N–H and O–H groups in total. The lowest BCUT2D eigenvalue weighted by molar-refractivity contribution is -0.119. The van der Waals surface area contributed by atoms with Gasteiger partial charge in [0.25, 0.3) is 11.7 Å². The van der Waals surface area contributed by atoms with Gasteiger partial charge in [0.2, 0.25) is 0 Å². The van der Waals surface area contributed by atoms with Crippen LogP contribution in [0.5, 0.6) is 0 Å². The predicted octanol–water partition coefficient (Wildman–Crippen LogP) is 3.20. The number of sulfone groups is 1. The van der Waals surface area contributed by atoms with E-state index in [-0.39, 0.29) is 10.5 Å². The summed E-state index contributed by atoms with van der Waals surface area (Å²) in [5.74, 6) is -3.92. The minimum Gasteiger partial charge on any atom is -0.452 e. The Labute approximate surface area is 158 Å². The molecule has 1 amide bonds. The molecule has 0 aromatic heterocycles. The predicted molar refractivity (Wildman–Crippen MR) is 96.8 cm³/mol. The first-order chi connectivity index (χ1) is 12.6. The molecule has 0 aliphatic rings. The number of benzene rings is 2. The molecule has 0 aliphatic heterocycles. The number of hydrogen-bond acceptors (Lipinski definition) is 6. The standard InChI is InChI=1S/C17H15F2NO5S2/c1-27(23,24)14-8-2-11(3-9-14)16(22)25-10-15(21)20-12-4-6-13(7-5-12)26-17(18)19/h2-9,17H,10H2,1H3,(H,20,21). The molecule has 0 unspecified atom stereocenters. The summed E-state index contributed by atoms with van der Waals surface area (Å²) in [6.07, 6.45) is 1.05. The summed E-state index contributed by atoms with van der Waals surface area (Å²) in [5, 5.41) is 2.47. The Morgan fingerprint density at radius 3 is 2.19 bits per heavy atom. The van der Waals surface area contributed by atoms with Crippen LogP contribution in [0.2, 0.25) is 0 Å². The van der Waals surface area contributed by atoms with E-state index in [1.807, 2.05) is 0 Å². The van der Waals surface area contributed by atoms with Gasteiger partial charge >= 0.3 is 5.97 Å². The van der Waals surface area contributed by atoms with Crippen molar-refractivity contribution in [1.82, 2.24) is 0 Å². The molecule has 0 bridgehead atoms. The molecule has 0 saturated heterocycles. The van der Waals surface area contributed by atoms with Crippen molar-refractivity contribution in [3.8, 4) is 0 Å². The SMILES string of the molecule is CS(=O)(=O)c1ccc(C(=O)OCC(=O)Nc2ccc(SC(F)F)cc2)cc1. The zero-order valence-corrected chi connectivity index (χ0v) is 15.6. The van der Waals surface area contributed by atoms with E-state index >= 15 is 0 Å². The molecule has 0 heterocycles. The minimum atomic E-state index is -3.37. The van der Waals surface area contributed by atoms with Gasteiger partial charge < -0.3 is 10.1 Å². The Bertz CT molecular complexity index is 913. The van der Waals surface area contributed by atoms with E-state index in [4.69, 9.17) is 4.74 Å². The van der Waals surface area contributed by atoms with Crippen LogP contribution >= 0.6 is 11.8 Å². The van der Waals surface area contributed by atoms with Crippen molar-refractivity contribution in [3.63, 3.8) is 0 Å². The van der Waals surface area contributed by atoms with Gasteiger partial charge in [-0.2, -0.15) is 8.78 Å². The van der Waals surface area contributed by atoms with Gasteiger partial charge in [-0.15, -0.1) is 0 Å². The topological polar surface area (TPSA) is 89.5 Å². The Morgan fingerprint density at radius 2 is 1.67 bits per heavy atom. The Balaban J connectivity index is 1.86. The summed E-state index contributed by atoms with van der Waals surface area (Å²) >= 11 is 0.387. The summed E-state index contributed by atoms with van der Waals surface area (Å²) in [5.41, 5.74) is 0.468. The normalized spacial score (nSPS) is 11.3. The van der Waals surface area contributed by atoms with Crippen LogP contribution in [0.4, 0.5) is 14.5 Å². The molecule has 0 aliphatic carbocycles. The Hall–Kier alpha value is -2.46. The van der Waals surface area contributed by atoms with E-state index in [0.29, 0.717) is 22.3 Å². The lowest BCUT2D eigenvalue weighted by Crippen LogP contribution is -2.20. The van der Waals surface area contributed by atoms with Crippen molar-refractivity contribution in [3.05, 3.63) is 54.1 Å². The third-order valence-corrected chi connectivity index (χ3v) is 5.07. The molecule has 2 rings (SSSR count). The number of ether oxygens (including phenoxy) is 1. The third kappa shape index (κ3) is 6.65. The molecule has 0 spiro atoms. The van der Waals surface area contributed by atoms with Crippen molar-refractivity contribution < 1.29 is 31.5 Å². The molecule has 2 aromatic carbocycles. The van der Waals surface area contributed by atoms with Crippen molar-refractivity contribution >= 4 is 39.2 Å². The molecule has 2 aromatic rings. The van der Waals surface area contributed by atoms with Gasteiger partial charge in [0.05, 0.1) is 10.5 Å². The second-order valence-electron chi connectivity index (χ2n) is 5.32. The zero-order valence-electron chi connectivity index (χ0n) is 14.0. The van der Waals surface area contributed by atoms with Crippen LogP contribution in [0.3, 0.4) is 0 Å². The summed E-state index contributed by atoms with van der Waals surface area (Å²) in [4.78, 5) is 24.1. The molecule has 0 saturated carbocycles. The first-order valence-electron chi connectivity index (χ1n) is 7.47. The highest BCUT2D eigenvalue weighted by molar-refractivity contribution is 7.99. The number of anilines is 1. The van der Waals surface area contributed by atoms with Crippen LogP contribution < -0.4 is 5.32 Å². The molecule has 27 heavy (non-hydrogen) atoms. The second-order valence-corrected chi connectivity index (χ2v) is 8.40. The molecule has 10 heteroatoms. The van der Waals surface area contributed by atoms with Crippen LogP contribution in [-0.2, 0) is 19.4 Å². The van der Waals surface area contributed by atoms with Gasteiger partial charge in [-0.3, -0.25) is 4.79 Å². The van der Waals surface area contributed by atoms with Gasteiger partial charge in [-0.1, -0.05) is 11.8 Å². The lowest BCUT2D eigenvalue weighted by atomic mass is 10.2. The molecule has 144 valence electrons. The van der Waals surface area contributed by atoms with Crippen LogP contribution in [0.1, 0.15) is 10.4 Å². The van der Waals surface area contributed by atoms with E-state index in [0.717, 1.165) is 6.26 Å². The smallest absolute Gasteiger partial charge is 0.338 e. The average molecular weight is 415 g/mol. The zero-order chi connectivity index (χ0) is 20.0. The number of carbonyl (C=O) groups excluding carboxylic acids is 2. The number of carbonyl (C=O) groups is 2. The Kier molecular flexibility index (Phi) is 6.92. The maximum Gasteiger partial charge on any atom is 0.338 e. The fourth-order valence-electron chi connectivity index (χ4n) is 1.97. The van der Waals surface area contributed by atoms with E-state index in [1.165, 1.54) is 48.5 Å². The van der Waals surface area contributed by atoms with Crippen molar-refractivity contribution in [2.75, 3.05) is 18.2 Å². The third-order valence-electron chi connectivity index (χ3n) is 3.22. The van der Waals surface area contributed by atoms with E-state index in [9.17, 15) is 26.8 Å². The van der Waals surface area contributed by atoms with Gasteiger partial charge in [-0.05, 0) is 48.5 Å². The van der Waals surface area contributed by atoms with Crippen LogP contribution in [0.15, 0.2) is 58.3 Å². The Morgan fingerprint density at radius 1 is 1.07 bits per heavy atom. The van der Waals surface area contributed by atoms with Gasteiger partial charge in [0.15, 0.2) is 16.4 Å². The van der Waals surface area contributed by atoms with Crippen LogP contribution in [0.25, 0.3) is 0 Å². The number of amides is 1. The molecule has 6 nitrogen and oxygen atoms in total.